The van der Waals surface area contributed by atoms with Crippen LogP contribution in [0.15, 0.2) is 0 Å². The van der Waals surface area contributed by atoms with Gasteiger partial charge in [-0.3, -0.25) is 0 Å². The highest BCUT2D eigenvalue weighted by Gasteiger charge is 2.22. The van der Waals surface area contributed by atoms with E-state index in [0.29, 0.717) is 0 Å². The van der Waals surface area contributed by atoms with Gasteiger partial charge in [0.1, 0.15) is 0 Å². The molecule has 0 aliphatic carbocycles. The molecule has 1 aliphatic heterocycles. The van der Waals surface area contributed by atoms with Gasteiger partial charge < -0.3 is 20.2 Å². The van der Waals surface area contributed by atoms with E-state index in [1.54, 1.807) is 0 Å². The minimum Gasteiger partial charge on any atom is -0.394 e. The molecule has 1 atom stereocenters. The fourth-order valence-electron chi connectivity index (χ4n) is 2.67. The number of rotatable bonds is 8. The highest BCUT2D eigenvalue weighted by Crippen LogP contribution is 2.12. The lowest BCUT2D eigenvalue weighted by Crippen LogP contribution is -2.48. The molecule has 2 N–H and O–H groups in total. The van der Waals surface area contributed by atoms with Crippen LogP contribution in [0.3, 0.4) is 0 Å². The Morgan fingerprint density at radius 2 is 1.72 bits per heavy atom. The number of hydrogen-bond donors (Lipinski definition) is 2. The van der Waals surface area contributed by atoms with Crippen molar-refractivity contribution in [3.63, 3.8) is 0 Å². The monoisotopic (exact) mass is 257 g/mol. The van der Waals surface area contributed by atoms with Crippen LogP contribution in [-0.4, -0.2) is 72.9 Å². The molecule has 4 nitrogen and oxygen atoms in total. The lowest BCUT2D eigenvalue weighted by Gasteiger charge is -2.35. The van der Waals surface area contributed by atoms with Crippen LogP contribution in [-0.2, 0) is 0 Å². The molecule has 0 aromatic heterocycles. The van der Waals surface area contributed by atoms with Crippen molar-refractivity contribution >= 4 is 0 Å². The van der Waals surface area contributed by atoms with Crippen molar-refractivity contribution in [3.8, 4) is 0 Å². The molecule has 0 bridgehead atoms. The van der Waals surface area contributed by atoms with Gasteiger partial charge in [-0.15, -0.1) is 0 Å². The molecule has 1 rings (SSSR count). The van der Waals surface area contributed by atoms with Gasteiger partial charge >= 0.3 is 0 Å². The molecule has 1 unspecified atom stereocenters. The van der Waals surface area contributed by atoms with Crippen molar-refractivity contribution in [1.82, 2.24) is 15.1 Å². The van der Waals surface area contributed by atoms with Crippen molar-refractivity contribution in [2.24, 2.45) is 0 Å². The normalized spacial score (nSPS) is 22.0. The first-order valence-electron chi connectivity index (χ1n) is 7.44. The van der Waals surface area contributed by atoms with Crippen molar-refractivity contribution in [2.75, 3.05) is 52.4 Å². The molecule has 1 fully saturated rings. The average molecular weight is 257 g/mol. The first kappa shape index (κ1) is 15.9. The highest BCUT2D eigenvalue weighted by molar-refractivity contribution is 4.82. The predicted molar refractivity (Wildman–Crippen MR) is 77.0 cm³/mol. The summed E-state index contributed by atoms with van der Waals surface area (Å²) in [6.07, 6.45) is 2.21. The summed E-state index contributed by atoms with van der Waals surface area (Å²) in [5, 5.41) is 12.8. The van der Waals surface area contributed by atoms with E-state index in [9.17, 15) is 5.11 Å². The first-order chi connectivity index (χ1) is 8.63. The van der Waals surface area contributed by atoms with E-state index < -0.39 is 0 Å². The smallest absolute Gasteiger partial charge is 0.0610 e. The Bertz CT molecular complexity index is 217. The minimum absolute atomic E-state index is 0.0972. The largest absolute Gasteiger partial charge is 0.394 e. The molecule has 0 aromatic rings. The van der Waals surface area contributed by atoms with Crippen LogP contribution in [0.25, 0.3) is 0 Å². The van der Waals surface area contributed by atoms with E-state index >= 15 is 0 Å². The van der Waals surface area contributed by atoms with E-state index in [-0.39, 0.29) is 12.1 Å². The molecule has 108 valence electrons. The third-order valence-corrected chi connectivity index (χ3v) is 4.07. The van der Waals surface area contributed by atoms with Crippen LogP contribution >= 0.6 is 0 Å². The number of aliphatic hydroxyl groups excluding tert-OH is 1. The second kappa shape index (κ2) is 8.10. The predicted octanol–water partition coefficient (Wildman–Crippen LogP) is 0.765. The third kappa shape index (κ3) is 5.22. The minimum atomic E-state index is -0.0972. The number of nitrogens with zero attached hydrogens (tertiary/aromatic N) is 2. The summed E-state index contributed by atoms with van der Waals surface area (Å²) in [7, 11) is 0. The van der Waals surface area contributed by atoms with Crippen LogP contribution in [0.2, 0.25) is 0 Å². The molecule has 1 heterocycles. The topological polar surface area (TPSA) is 38.7 Å². The van der Waals surface area contributed by atoms with Gasteiger partial charge in [-0.1, -0.05) is 13.8 Å². The van der Waals surface area contributed by atoms with Gasteiger partial charge in [-0.05, 0) is 39.4 Å². The van der Waals surface area contributed by atoms with E-state index in [1.165, 1.54) is 39.3 Å². The highest BCUT2D eigenvalue weighted by atomic mass is 16.3. The maximum absolute atomic E-state index is 9.44. The third-order valence-electron chi connectivity index (χ3n) is 4.07. The second-order valence-electron chi connectivity index (χ2n) is 5.63. The summed E-state index contributed by atoms with van der Waals surface area (Å²) in [6, 6.07) is 0. The average Bonchev–Trinajstić information content (AvgIpc) is 2.40. The summed E-state index contributed by atoms with van der Waals surface area (Å²) < 4.78 is 0. The molecule has 0 aromatic carbocycles. The number of hydrogen-bond acceptors (Lipinski definition) is 4. The molecule has 18 heavy (non-hydrogen) atoms. The quantitative estimate of drug-likeness (QED) is 0.673. The Labute approximate surface area is 112 Å². The summed E-state index contributed by atoms with van der Waals surface area (Å²) in [5.74, 6) is 0. The lowest BCUT2D eigenvalue weighted by molar-refractivity contribution is 0.124. The molecule has 0 spiro atoms. The van der Waals surface area contributed by atoms with Gasteiger partial charge in [0.2, 0.25) is 0 Å². The Morgan fingerprint density at radius 1 is 1.11 bits per heavy atom. The van der Waals surface area contributed by atoms with Crippen molar-refractivity contribution in [1.29, 1.82) is 0 Å². The van der Waals surface area contributed by atoms with Crippen LogP contribution < -0.4 is 5.32 Å². The molecule has 1 saturated heterocycles. The van der Waals surface area contributed by atoms with Crippen LogP contribution in [0.1, 0.15) is 33.6 Å². The van der Waals surface area contributed by atoms with E-state index in [2.05, 4.69) is 35.9 Å². The number of piperazine rings is 1. The van der Waals surface area contributed by atoms with Crippen molar-refractivity contribution in [2.45, 2.75) is 39.2 Å². The maximum Gasteiger partial charge on any atom is 0.0610 e. The second-order valence-corrected chi connectivity index (χ2v) is 5.63. The molecule has 0 amide bonds. The zero-order valence-corrected chi connectivity index (χ0v) is 12.4. The Hall–Kier alpha value is -0.160. The van der Waals surface area contributed by atoms with Gasteiger partial charge in [0, 0.05) is 31.7 Å². The summed E-state index contributed by atoms with van der Waals surface area (Å²) in [4.78, 5) is 5.06. The number of nitrogens with one attached hydrogen (secondary N) is 1. The Kier molecular flexibility index (Phi) is 7.15. The van der Waals surface area contributed by atoms with Gasteiger partial charge in [-0.2, -0.15) is 0 Å². The van der Waals surface area contributed by atoms with Gasteiger partial charge in [-0.25, -0.2) is 0 Å². The zero-order valence-electron chi connectivity index (χ0n) is 12.4. The zero-order chi connectivity index (χ0) is 13.4. The summed E-state index contributed by atoms with van der Waals surface area (Å²) in [6.45, 7) is 14.8. The van der Waals surface area contributed by atoms with E-state index in [1.807, 2.05) is 0 Å². The first-order valence-corrected chi connectivity index (χ1v) is 7.44. The standard InChI is InChI=1S/C14H31N3O/c1-4-15-14(3,13-18)7-6-8-17-11-9-16(5-2)10-12-17/h15,18H,4-13H2,1-3H3. The number of aliphatic hydroxyl groups is 1. The van der Waals surface area contributed by atoms with Crippen LogP contribution in [0.5, 0.6) is 0 Å². The van der Waals surface area contributed by atoms with E-state index in [0.717, 1.165) is 19.4 Å². The Morgan fingerprint density at radius 3 is 2.22 bits per heavy atom. The van der Waals surface area contributed by atoms with Crippen molar-refractivity contribution < 1.29 is 5.11 Å². The van der Waals surface area contributed by atoms with Crippen LogP contribution in [0, 0.1) is 0 Å². The van der Waals surface area contributed by atoms with Crippen molar-refractivity contribution in [3.05, 3.63) is 0 Å². The Balaban J connectivity index is 2.17. The molecule has 4 heteroatoms. The fraction of sp³-hybridized carbons (Fsp3) is 1.00. The fourth-order valence-corrected chi connectivity index (χ4v) is 2.67. The SMILES string of the molecule is CCNC(C)(CO)CCCN1CCN(CC)CC1. The molecule has 0 saturated carbocycles. The maximum atomic E-state index is 9.44. The number of likely N-dealkylation sites (N-methyl/N-ethyl adjacent to an activating group) is 2. The lowest BCUT2D eigenvalue weighted by atomic mass is 9.96. The van der Waals surface area contributed by atoms with E-state index in [4.69, 9.17) is 0 Å². The summed E-state index contributed by atoms with van der Waals surface area (Å²) >= 11 is 0. The van der Waals surface area contributed by atoms with Gasteiger partial charge in [0.15, 0.2) is 0 Å². The molecular weight excluding hydrogens is 226 g/mol. The summed E-state index contributed by atoms with van der Waals surface area (Å²) in [5.41, 5.74) is -0.0972. The van der Waals surface area contributed by atoms with Gasteiger partial charge in [0.25, 0.3) is 0 Å². The van der Waals surface area contributed by atoms with Gasteiger partial charge in [0.05, 0.1) is 6.61 Å². The molecular formula is C14H31N3O. The van der Waals surface area contributed by atoms with Crippen LogP contribution in [0.4, 0.5) is 0 Å². The molecule has 1 aliphatic rings. The molecule has 0 radical (unpaired) electrons.